The fourth-order valence-corrected chi connectivity index (χ4v) is 0.930. The average molecular weight is 182 g/mol. The van der Waals surface area contributed by atoms with Crippen LogP contribution in [0.25, 0.3) is 0 Å². The van der Waals surface area contributed by atoms with Crippen molar-refractivity contribution in [1.82, 2.24) is 0 Å². The summed E-state index contributed by atoms with van der Waals surface area (Å²) in [5.74, 6) is -0.702. The Bertz CT molecular complexity index is 325. The standard InChI is InChI=1S/C9H11FN2O/c1-6-2-3-7(10)4-8(6)12-9(13)5-11/h2-4H,5,11H2,1H3,(H,12,13). The minimum absolute atomic E-state index is 0.101. The minimum Gasteiger partial charge on any atom is -0.325 e. The lowest BCUT2D eigenvalue weighted by Crippen LogP contribution is -2.22. The molecule has 4 heteroatoms. The van der Waals surface area contributed by atoms with Gasteiger partial charge in [0.05, 0.1) is 6.54 Å². The fraction of sp³-hybridized carbons (Fsp3) is 0.222. The SMILES string of the molecule is Cc1ccc(F)cc1NC(=O)CN. The van der Waals surface area contributed by atoms with Gasteiger partial charge in [0.1, 0.15) is 5.82 Å². The lowest BCUT2D eigenvalue weighted by molar-refractivity contribution is -0.114. The van der Waals surface area contributed by atoms with Crippen molar-refractivity contribution < 1.29 is 9.18 Å². The molecule has 1 amide bonds. The number of nitrogens with two attached hydrogens (primary N) is 1. The summed E-state index contributed by atoms with van der Waals surface area (Å²) >= 11 is 0. The zero-order valence-corrected chi connectivity index (χ0v) is 7.30. The van der Waals surface area contributed by atoms with Gasteiger partial charge in [0.15, 0.2) is 0 Å². The quantitative estimate of drug-likeness (QED) is 0.717. The Balaban J connectivity index is 2.87. The van der Waals surface area contributed by atoms with Gasteiger partial charge in [-0.2, -0.15) is 0 Å². The molecular formula is C9H11FN2O. The van der Waals surface area contributed by atoms with Gasteiger partial charge in [0.25, 0.3) is 0 Å². The molecule has 1 aromatic rings. The number of carbonyl (C=O) groups excluding carboxylic acids is 1. The molecule has 0 aromatic heterocycles. The Hall–Kier alpha value is -1.42. The van der Waals surface area contributed by atoms with E-state index in [4.69, 9.17) is 5.73 Å². The van der Waals surface area contributed by atoms with Crippen molar-refractivity contribution in [2.45, 2.75) is 6.92 Å². The fourth-order valence-electron chi connectivity index (χ4n) is 0.930. The molecule has 3 nitrogen and oxygen atoms in total. The summed E-state index contributed by atoms with van der Waals surface area (Å²) < 4.78 is 12.7. The first-order valence-electron chi connectivity index (χ1n) is 3.89. The first-order chi connectivity index (χ1) is 6.13. The molecule has 1 rings (SSSR count). The number of hydrogen-bond acceptors (Lipinski definition) is 2. The monoisotopic (exact) mass is 182 g/mol. The van der Waals surface area contributed by atoms with Crippen LogP contribution in [0.2, 0.25) is 0 Å². The number of anilines is 1. The van der Waals surface area contributed by atoms with Gasteiger partial charge in [-0.15, -0.1) is 0 Å². The summed E-state index contributed by atoms with van der Waals surface area (Å²) in [7, 11) is 0. The Morgan fingerprint density at radius 3 is 2.92 bits per heavy atom. The molecule has 0 radical (unpaired) electrons. The first-order valence-corrected chi connectivity index (χ1v) is 3.89. The molecule has 0 heterocycles. The molecular weight excluding hydrogens is 171 g/mol. The first kappa shape index (κ1) is 9.67. The van der Waals surface area contributed by atoms with Crippen LogP contribution < -0.4 is 11.1 Å². The highest BCUT2D eigenvalue weighted by Gasteiger charge is 2.03. The second kappa shape index (κ2) is 4.00. The highest BCUT2D eigenvalue weighted by atomic mass is 19.1. The summed E-state index contributed by atoms with van der Waals surface area (Å²) in [6, 6.07) is 4.21. The number of benzene rings is 1. The molecule has 0 aliphatic carbocycles. The molecule has 0 fully saturated rings. The lowest BCUT2D eigenvalue weighted by atomic mass is 10.2. The highest BCUT2D eigenvalue weighted by molar-refractivity contribution is 5.92. The topological polar surface area (TPSA) is 55.1 Å². The van der Waals surface area contributed by atoms with Gasteiger partial charge < -0.3 is 11.1 Å². The summed E-state index contributed by atoms with van der Waals surface area (Å²) in [5.41, 5.74) is 6.38. The van der Waals surface area contributed by atoms with E-state index >= 15 is 0 Å². The van der Waals surface area contributed by atoms with E-state index in [2.05, 4.69) is 5.32 Å². The zero-order chi connectivity index (χ0) is 9.84. The van der Waals surface area contributed by atoms with Crippen LogP contribution >= 0.6 is 0 Å². The molecule has 0 bridgehead atoms. The predicted molar refractivity (Wildman–Crippen MR) is 48.8 cm³/mol. The van der Waals surface area contributed by atoms with E-state index < -0.39 is 0 Å². The molecule has 0 unspecified atom stereocenters. The van der Waals surface area contributed by atoms with Gasteiger partial charge >= 0.3 is 0 Å². The van der Waals surface area contributed by atoms with Gasteiger partial charge in [0, 0.05) is 5.69 Å². The molecule has 70 valence electrons. The molecule has 0 saturated carbocycles. The van der Waals surface area contributed by atoms with Gasteiger partial charge in [-0.1, -0.05) is 6.07 Å². The smallest absolute Gasteiger partial charge is 0.238 e. The second-order valence-electron chi connectivity index (χ2n) is 2.71. The van der Waals surface area contributed by atoms with Gasteiger partial charge in [0.2, 0.25) is 5.91 Å². The van der Waals surface area contributed by atoms with Crippen molar-refractivity contribution >= 4 is 11.6 Å². The van der Waals surface area contributed by atoms with E-state index in [1.165, 1.54) is 12.1 Å². The normalized spacial score (nSPS) is 9.77. The van der Waals surface area contributed by atoms with Crippen LogP contribution in [0.5, 0.6) is 0 Å². The number of amides is 1. The minimum atomic E-state index is -0.377. The van der Waals surface area contributed by atoms with Crippen LogP contribution in [-0.2, 0) is 4.79 Å². The maximum Gasteiger partial charge on any atom is 0.238 e. The van der Waals surface area contributed by atoms with Gasteiger partial charge in [-0.05, 0) is 24.6 Å². The maximum absolute atomic E-state index is 12.7. The zero-order valence-electron chi connectivity index (χ0n) is 7.30. The van der Waals surface area contributed by atoms with Crippen LogP contribution in [0.3, 0.4) is 0 Å². The number of rotatable bonds is 2. The summed E-state index contributed by atoms with van der Waals surface area (Å²) in [6.07, 6.45) is 0. The van der Waals surface area contributed by atoms with E-state index in [0.29, 0.717) is 5.69 Å². The van der Waals surface area contributed by atoms with Crippen molar-refractivity contribution in [3.05, 3.63) is 29.6 Å². The number of carbonyl (C=O) groups is 1. The molecule has 3 N–H and O–H groups in total. The van der Waals surface area contributed by atoms with E-state index in [-0.39, 0.29) is 18.3 Å². The van der Waals surface area contributed by atoms with Crippen LogP contribution in [0.4, 0.5) is 10.1 Å². The Kier molecular flexibility index (Phi) is 2.97. The third-order valence-corrected chi connectivity index (χ3v) is 1.66. The summed E-state index contributed by atoms with van der Waals surface area (Å²) in [5, 5.41) is 2.50. The van der Waals surface area contributed by atoms with Crippen LogP contribution in [0, 0.1) is 12.7 Å². The van der Waals surface area contributed by atoms with Crippen molar-refractivity contribution in [1.29, 1.82) is 0 Å². The predicted octanol–water partition coefficient (Wildman–Crippen LogP) is 1.03. The largest absolute Gasteiger partial charge is 0.325 e. The number of halogens is 1. The number of nitrogens with one attached hydrogen (secondary N) is 1. The van der Waals surface area contributed by atoms with Crippen molar-refractivity contribution in [2.24, 2.45) is 5.73 Å². The molecule has 13 heavy (non-hydrogen) atoms. The van der Waals surface area contributed by atoms with Gasteiger partial charge in [-0.25, -0.2) is 4.39 Å². The third kappa shape index (κ3) is 2.52. The van der Waals surface area contributed by atoms with Crippen molar-refractivity contribution in [3.63, 3.8) is 0 Å². The number of hydrogen-bond donors (Lipinski definition) is 2. The van der Waals surface area contributed by atoms with Crippen molar-refractivity contribution in [2.75, 3.05) is 11.9 Å². The van der Waals surface area contributed by atoms with E-state index in [0.717, 1.165) is 5.56 Å². The Morgan fingerprint density at radius 2 is 2.31 bits per heavy atom. The van der Waals surface area contributed by atoms with Crippen LogP contribution in [0.15, 0.2) is 18.2 Å². The van der Waals surface area contributed by atoms with E-state index in [9.17, 15) is 9.18 Å². The molecule has 1 aromatic carbocycles. The summed E-state index contributed by atoms with van der Waals surface area (Å²) in [4.78, 5) is 10.9. The number of aryl methyl sites for hydroxylation is 1. The van der Waals surface area contributed by atoms with Crippen LogP contribution in [0.1, 0.15) is 5.56 Å². The molecule has 0 aliphatic rings. The second-order valence-corrected chi connectivity index (χ2v) is 2.71. The highest BCUT2D eigenvalue weighted by Crippen LogP contribution is 2.15. The molecule has 0 atom stereocenters. The molecule has 0 saturated heterocycles. The van der Waals surface area contributed by atoms with Crippen LogP contribution in [-0.4, -0.2) is 12.5 Å². The van der Waals surface area contributed by atoms with E-state index in [1.807, 2.05) is 0 Å². The Morgan fingerprint density at radius 1 is 1.62 bits per heavy atom. The third-order valence-electron chi connectivity index (χ3n) is 1.66. The van der Waals surface area contributed by atoms with E-state index in [1.54, 1.807) is 13.0 Å². The average Bonchev–Trinajstić information content (AvgIpc) is 2.11. The Labute approximate surface area is 75.7 Å². The maximum atomic E-state index is 12.7. The molecule has 0 spiro atoms. The summed E-state index contributed by atoms with van der Waals surface area (Å²) in [6.45, 7) is 1.68. The van der Waals surface area contributed by atoms with Gasteiger partial charge in [-0.3, -0.25) is 4.79 Å². The molecule has 0 aliphatic heterocycles. The lowest BCUT2D eigenvalue weighted by Gasteiger charge is -2.06. The van der Waals surface area contributed by atoms with Crippen molar-refractivity contribution in [3.8, 4) is 0 Å².